The molecule has 1 aliphatic rings. The fourth-order valence-electron chi connectivity index (χ4n) is 4.42. The van der Waals surface area contributed by atoms with Gasteiger partial charge in [0.15, 0.2) is 0 Å². The number of fused-ring (bicyclic) bond motifs is 3. The molecular weight excluding hydrogens is 446 g/mol. The van der Waals surface area contributed by atoms with Crippen molar-refractivity contribution in [2.45, 2.75) is 63.5 Å². The van der Waals surface area contributed by atoms with Crippen LogP contribution in [0.4, 0.5) is 4.79 Å². The molecule has 184 valence electrons. The number of nitriles is 1. The number of amides is 2. The highest BCUT2D eigenvalue weighted by atomic mass is 16.5. The van der Waals surface area contributed by atoms with E-state index in [1.807, 2.05) is 55.5 Å². The van der Waals surface area contributed by atoms with Gasteiger partial charge in [-0.1, -0.05) is 61.9 Å². The molecule has 0 aromatic heterocycles. The summed E-state index contributed by atoms with van der Waals surface area (Å²) >= 11 is 0. The van der Waals surface area contributed by atoms with Crippen LogP contribution in [0.1, 0.15) is 62.5 Å². The van der Waals surface area contributed by atoms with E-state index in [4.69, 9.17) is 10.00 Å². The number of alkyl carbamates (subject to hydrolysis) is 1. The van der Waals surface area contributed by atoms with Gasteiger partial charge in [0.1, 0.15) is 18.7 Å². The summed E-state index contributed by atoms with van der Waals surface area (Å²) in [4.78, 5) is 37.0. The normalized spacial score (nSPS) is 13.6. The van der Waals surface area contributed by atoms with Crippen molar-refractivity contribution in [1.82, 2.24) is 10.6 Å². The average molecular weight is 478 g/mol. The lowest BCUT2D eigenvalue weighted by atomic mass is 9.98. The Morgan fingerprint density at radius 2 is 1.60 bits per heavy atom. The first-order chi connectivity index (χ1) is 17.0. The van der Waals surface area contributed by atoms with Crippen LogP contribution in [-0.2, 0) is 14.3 Å². The third kappa shape index (κ3) is 6.60. The van der Waals surface area contributed by atoms with Gasteiger partial charge in [0.05, 0.1) is 6.07 Å². The maximum absolute atomic E-state index is 12.8. The summed E-state index contributed by atoms with van der Waals surface area (Å²) in [6.07, 6.45) is 1.85. The van der Waals surface area contributed by atoms with Gasteiger partial charge in [-0.2, -0.15) is 5.26 Å². The minimum Gasteiger partial charge on any atom is -0.480 e. The largest absolute Gasteiger partial charge is 0.480 e. The fourth-order valence-corrected chi connectivity index (χ4v) is 4.42. The van der Waals surface area contributed by atoms with Crippen LogP contribution in [0, 0.1) is 11.3 Å². The number of hydrogen-bond donors (Lipinski definition) is 3. The van der Waals surface area contributed by atoms with Gasteiger partial charge in [-0.15, -0.1) is 0 Å². The Labute approximate surface area is 205 Å². The van der Waals surface area contributed by atoms with Crippen molar-refractivity contribution in [2.75, 3.05) is 6.61 Å². The van der Waals surface area contributed by atoms with Gasteiger partial charge >= 0.3 is 12.1 Å². The predicted octanol–water partition coefficient (Wildman–Crippen LogP) is 4.35. The number of aliphatic carboxylic acids is 1. The molecule has 8 nitrogen and oxygen atoms in total. The minimum absolute atomic E-state index is 0.107. The standard InChI is InChI=1S/C27H31N3O5/c1-2-10-24(26(32)33)29-25(31)23(15-4-3-9-16-28)30-27(34)35-17-22-20-13-7-5-11-18(20)19-12-6-8-14-21(19)22/h5-8,11-14,22-24H,2-4,9-10,15,17H2,1H3,(H,29,31)(H,30,34)(H,32,33)/t23?,24-/m0/s1. The zero-order valence-corrected chi connectivity index (χ0v) is 19.8. The van der Waals surface area contributed by atoms with Crippen molar-refractivity contribution in [3.8, 4) is 17.2 Å². The maximum atomic E-state index is 12.8. The lowest BCUT2D eigenvalue weighted by Gasteiger charge is -2.22. The van der Waals surface area contributed by atoms with Crippen LogP contribution in [0.2, 0.25) is 0 Å². The van der Waals surface area contributed by atoms with Crippen LogP contribution in [0.3, 0.4) is 0 Å². The van der Waals surface area contributed by atoms with Crippen molar-refractivity contribution in [2.24, 2.45) is 0 Å². The fraction of sp³-hybridized carbons (Fsp3) is 0.407. The third-order valence-corrected chi connectivity index (χ3v) is 6.18. The van der Waals surface area contributed by atoms with Gasteiger partial charge in [-0.05, 0) is 47.9 Å². The lowest BCUT2D eigenvalue weighted by molar-refractivity contribution is -0.142. The molecule has 0 saturated heterocycles. The molecule has 0 bridgehead atoms. The van der Waals surface area contributed by atoms with Crippen LogP contribution in [0.25, 0.3) is 11.1 Å². The molecule has 3 rings (SSSR count). The number of nitrogens with one attached hydrogen (secondary N) is 2. The summed E-state index contributed by atoms with van der Waals surface area (Å²) in [5, 5.41) is 23.2. The zero-order valence-electron chi connectivity index (χ0n) is 19.8. The minimum atomic E-state index is -1.12. The van der Waals surface area contributed by atoms with E-state index < -0.39 is 30.1 Å². The Morgan fingerprint density at radius 1 is 0.971 bits per heavy atom. The molecule has 35 heavy (non-hydrogen) atoms. The summed E-state index contributed by atoms with van der Waals surface area (Å²) in [7, 11) is 0. The number of benzene rings is 2. The summed E-state index contributed by atoms with van der Waals surface area (Å²) in [6.45, 7) is 1.94. The van der Waals surface area contributed by atoms with Crippen molar-refractivity contribution in [3.63, 3.8) is 0 Å². The van der Waals surface area contributed by atoms with Gasteiger partial charge in [0, 0.05) is 12.3 Å². The SMILES string of the molecule is CCC[C@H](NC(=O)C(CCCCC#N)NC(=O)OCC1c2ccccc2-c2ccccc21)C(=O)O. The molecule has 0 aliphatic heterocycles. The highest BCUT2D eigenvalue weighted by Gasteiger charge is 2.30. The summed E-state index contributed by atoms with van der Waals surface area (Å²) < 4.78 is 5.55. The molecule has 2 amide bonds. The second kappa shape index (κ2) is 12.6. The summed E-state index contributed by atoms with van der Waals surface area (Å²) in [6, 6.07) is 16.1. The van der Waals surface area contributed by atoms with E-state index >= 15 is 0 Å². The Kier molecular flexibility index (Phi) is 9.24. The molecule has 2 aromatic carbocycles. The number of nitrogens with zero attached hydrogens (tertiary/aromatic N) is 1. The van der Waals surface area contributed by atoms with Crippen molar-refractivity contribution in [3.05, 3.63) is 59.7 Å². The van der Waals surface area contributed by atoms with Gasteiger partial charge in [-0.25, -0.2) is 9.59 Å². The molecule has 8 heteroatoms. The van der Waals surface area contributed by atoms with Gasteiger partial charge < -0.3 is 20.5 Å². The second-order valence-corrected chi connectivity index (χ2v) is 8.61. The van der Waals surface area contributed by atoms with Crippen LogP contribution >= 0.6 is 0 Å². The number of hydrogen-bond acceptors (Lipinski definition) is 5. The van der Waals surface area contributed by atoms with Gasteiger partial charge in [-0.3, -0.25) is 4.79 Å². The average Bonchev–Trinajstić information content (AvgIpc) is 3.18. The number of carboxylic acid groups (broad SMARTS) is 1. The lowest BCUT2D eigenvalue weighted by Crippen LogP contribution is -2.51. The first-order valence-corrected chi connectivity index (χ1v) is 12.0. The van der Waals surface area contributed by atoms with Crippen LogP contribution in [0.15, 0.2) is 48.5 Å². The van der Waals surface area contributed by atoms with Crippen molar-refractivity contribution >= 4 is 18.0 Å². The zero-order chi connectivity index (χ0) is 25.2. The van der Waals surface area contributed by atoms with Gasteiger partial charge in [0.2, 0.25) is 5.91 Å². The van der Waals surface area contributed by atoms with Crippen molar-refractivity contribution in [1.29, 1.82) is 5.26 Å². The highest BCUT2D eigenvalue weighted by molar-refractivity contribution is 5.89. The van der Waals surface area contributed by atoms with E-state index in [1.165, 1.54) is 0 Å². The quantitative estimate of drug-likeness (QED) is 0.390. The molecule has 0 heterocycles. The Hall–Kier alpha value is -3.86. The van der Waals surface area contributed by atoms with E-state index in [9.17, 15) is 19.5 Å². The summed E-state index contributed by atoms with van der Waals surface area (Å²) in [5.41, 5.74) is 4.39. The van der Waals surface area contributed by atoms with Crippen LogP contribution < -0.4 is 10.6 Å². The van der Waals surface area contributed by atoms with Crippen LogP contribution in [-0.4, -0.2) is 41.8 Å². The number of rotatable bonds is 12. The highest BCUT2D eigenvalue weighted by Crippen LogP contribution is 2.44. The Bertz CT molecular complexity index is 1050. The molecule has 0 radical (unpaired) electrons. The van der Waals surface area contributed by atoms with E-state index in [2.05, 4.69) is 16.7 Å². The smallest absolute Gasteiger partial charge is 0.407 e. The first kappa shape index (κ1) is 25.8. The molecule has 0 spiro atoms. The predicted molar refractivity (Wildman–Crippen MR) is 131 cm³/mol. The van der Waals surface area contributed by atoms with Crippen molar-refractivity contribution < 1.29 is 24.2 Å². The van der Waals surface area contributed by atoms with E-state index in [1.54, 1.807) is 0 Å². The monoisotopic (exact) mass is 477 g/mol. The Morgan fingerprint density at radius 3 is 2.17 bits per heavy atom. The molecule has 2 atom stereocenters. The van der Waals surface area contributed by atoms with Gasteiger partial charge in [0.25, 0.3) is 0 Å². The van der Waals surface area contributed by atoms with Crippen LogP contribution in [0.5, 0.6) is 0 Å². The van der Waals surface area contributed by atoms with E-state index in [-0.39, 0.29) is 25.4 Å². The Balaban J connectivity index is 1.65. The second-order valence-electron chi connectivity index (χ2n) is 8.61. The number of unbranched alkanes of at least 4 members (excludes halogenated alkanes) is 2. The summed E-state index contributed by atoms with van der Waals surface area (Å²) in [5.74, 6) is -1.81. The third-order valence-electron chi connectivity index (χ3n) is 6.18. The molecule has 3 N–H and O–H groups in total. The number of carboxylic acids is 1. The molecule has 0 fully saturated rings. The number of ether oxygens (including phenoxy) is 1. The maximum Gasteiger partial charge on any atom is 0.407 e. The topological polar surface area (TPSA) is 129 Å². The molecule has 1 aliphatic carbocycles. The van der Waals surface area contributed by atoms with E-state index in [0.717, 1.165) is 22.3 Å². The first-order valence-electron chi connectivity index (χ1n) is 12.0. The number of carbonyl (C=O) groups is 3. The number of carbonyl (C=O) groups excluding carboxylic acids is 2. The molecule has 2 aromatic rings. The molecule has 1 unspecified atom stereocenters. The van der Waals surface area contributed by atoms with E-state index in [0.29, 0.717) is 25.7 Å². The molecule has 0 saturated carbocycles. The molecular formula is C27H31N3O5.